The summed E-state index contributed by atoms with van der Waals surface area (Å²) in [5.74, 6) is 0.336. The van der Waals surface area contributed by atoms with E-state index in [2.05, 4.69) is 25.2 Å². The van der Waals surface area contributed by atoms with E-state index >= 15 is 0 Å². The van der Waals surface area contributed by atoms with E-state index in [1.165, 1.54) is 12.8 Å². The summed E-state index contributed by atoms with van der Waals surface area (Å²) in [6.07, 6.45) is 4.39. The predicted octanol–water partition coefficient (Wildman–Crippen LogP) is 2.87. The summed E-state index contributed by atoms with van der Waals surface area (Å²) in [4.78, 5) is 0. The average molecular weight is 263 g/mol. The highest BCUT2D eigenvalue weighted by atomic mass is 16.5. The molecule has 1 aromatic rings. The molecule has 2 N–H and O–H groups in total. The van der Waals surface area contributed by atoms with Crippen LogP contribution in [0.1, 0.15) is 38.7 Å². The van der Waals surface area contributed by atoms with Crippen LogP contribution in [0.25, 0.3) is 0 Å². The lowest BCUT2D eigenvalue weighted by Crippen LogP contribution is -2.53. The number of ether oxygens (including phenoxy) is 1. The highest BCUT2D eigenvalue weighted by Gasteiger charge is 2.36. The quantitative estimate of drug-likeness (QED) is 0.858. The van der Waals surface area contributed by atoms with Crippen molar-refractivity contribution in [1.82, 2.24) is 5.32 Å². The molecule has 0 amide bonds. The third-order valence-corrected chi connectivity index (χ3v) is 4.04. The molecule has 0 radical (unpaired) electrons. The van der Waals surface area contributed by atoms with Gasteiger partial charge in [0.2, 0.25) is 0 Å². The van der Waals surface area contributed by atoms with Crippen molar-refractivity contribution in [3.8, 4) is 5.75 Å². The maximum Gasteiger partial charge on any atom is 0.115 e. The Labute approximate surface area is 116 Å². The average Bonchev–Trinajstić information content (AvgIpc) is 2.39. The molecule has 0 aromatic heterocycles. The lowest BCUT2D eigenvalue weighted by Gasteiger charge is -2.41. The Morgan fingerprint density at radius 3 is 2.89 bits per heavy atom. The largest absolute Gasteiger partial charge is 0.508 e. The van der Waals surface area contributed by atoms with Crippen LogP contribution >= 0.6 is 0 Å². The summed E-state index contributed by atoms with van der Waals surface area (Å²) in [6.45, 7) is 6.13. The van der Waals surface area contributed by atoms with Crippen molar-refractivity contribution in [3.05, 3.63) is 29.8 Å². The maximum absolute atomic E-state index is 9.58. The fourth-order valence-electron chi connectivity index (χ4n) is 2.90. The van der Waals surface area contributed by atoms with Crippen molar-refractivity contribution in [2.45, 2.75) is 51.2 Å². The van der Waals surface area contributed by atoms with Gasteiger partial charge in [-0.1, -0.05) is 19.1 Å². The van der Waals surface area contributed by atoms with Gasteiger partial charge >= 0.3 is 0 Å². The molecular weight excluding hydrogens is 238 g/mol. The van der Waals surface area contributed by atoms with Crippen molar-refractivity contribution in [2.24, 2.45) is 0 Å². The van der Waals surface area contributed by atoms with Crippen molar-refractivity contribution in [1.29, 1.82) is 0 Å². The first-order valence-corrected chi connectivity index (χ1v) is 7.29. The van der Waals surface area contributed by atoms with Crippen LogP contribution in [0.4, 0.5) is 0 Å². The zero-order chi connectivity index (χ0) is 13.7. The Kier molecular flexibility index (Phi) is 4.83. The second-order valence-corrected chi connectivity index (χ2v) is 5.60. The first-order valence-electron chi connectivity index (χ1n) is 7.29. The van der Waals surface area contributed by atoms with Gasteiger partial charge in [0.1, 0.15) is 5.75 Å². The number of benzene rings is 1. The zero-order valence-electron chi connectivity index (χ0n) is 12.0. The Balaban J connectivity index is 2.11. The molecule has 2 rings (SSSR count). The van der Waals surface area contributed by atoms with Crippen LogP contribution in [0.3, 0.4) is 0 Å². The van der Waals surface area contributed by atoms with Gasteiger partial charge in [0.15, 0.2) is 0 Å². The summed E-state index contributed by atoms with van der Waals surface area (Å²) in [6, 6.07) is 7.81. The minimum atomic E-state index is -0.0975. The van der Waals surface area contributed by atoms with Gasteiger partial charge in [0.25, 0.3) is 0 Å². The second kappa shape index (κ2) is 6.40. The van der Waals surface area contributed by atoms with E-state index in [4.69, 9.17) is 4.74 Å². The Morgan fingerprint density at radius 1 is 1.42 bits per heavy atom. The minimum absolute atomic E-state index is 0.0975. The second-order valence-electron chi connectivity index (χ2n) is 5.60. The third kappa shape index (κ3) is 3.71. The molecule has 1 heterocycles. The van der Waals surface area contributed by atoms with Crippen molar-refractivity contribution < 1.29 is 9.84 Å². The Morgan fingerprint density at radius 2 is 2.26 bits per heavy atom. The number of hydrogen-bond donors (Lipinski definition) is 2. The number of rotatable bonds is 5. The molecule has 0 bridgehead atoms. The molecule has 1 fully saturated rings. The van der Waals surface area contributed by atoms with E-state index in [0.29, 0.717) is 11.8 Å². The Bertz CT molecular complexity index is 399. The van der Waals surface area contributed by atoms with Crippen molar-refractivity contribution in [2.75, 3.05) is 13.2 Å². The molecule has 3 nitrogen and oxygen atoms in total. The van der Waals surface area contributed by atoms with E-state index in [1.54, 1.807) is 6.07 Å². The monoisotopic (exact) mass is 263 g/mol. The number of aromatic hydroxyl groups is 1. The normalized spacial score (nSPS) is 25.2. The number of likely N-dealkylation sites (N-methyl/N-ethyl adjacent to an activating group) is 1. The molecule has 19 heavy (non-hydrogen) atoms. The van der Waals surface area contributed by atoms with Crippen LogP contribution in [0.15, 0.2) is 24.3 Å². The molecule has 2 atom stereocenters. The third-order valence-electron chi connectivity index (χ3n) is 4.04. The number of hydrogen-bond acceptors (Lipinski definition) is 3. The van der Waals surface area contributed by atoms with Crippen LogP contribution in [-0.4, -0.2) is 29.9 Å². The number of phenols is 1. The molecule has 106 valence electrons. The number of nitrogens with one attached hydrogen (secondary N) is 1. The van der Waals surface area contributed by atoms with Gasteiger partial charge in [0.05, 0.1) is 5.60 Å². The zero-order valence-corrected chi connectivity index (χ0v) is 12.0. The van der Waals surface area contributed by atoms with Gasteiger partial charge in [-0.25, -0.2) is 0 Å². The summed E-state index contributed by atoms with van der Waals surface area (Å²) in [5.41, 5.74) is 1.06. The van der Waals surface area contributed by atoms with E-state index < -0.39 is 0 Å². The van der Waals surface area contributed by atoms with Gasteiger partial charge in [-0.05, 0) is 56.8 Å². The summed E-state index contributed by atoms with van der Waals surface area (Å²) in [5, 5.41) is 13.1. The molecule has 1 aliphatic rings. The van der Waals surface area contributed by atoms with Gasteiger partial charge in [-0.15, -0.1) is 0 Å². The van der Waals surface area contributed by atoms with E-state index in [-0.39, 0.29) is 5.60 Å². The standard InChI is InChI=1S/C16H25NO2/c1-3-17-15(16(2)9-4-5-10-19-16)12-13-7-6-8-14(18)11-13/h6-8,11,15,17-18H,3-5,9-10,12H2,1-2H3. The summed E-state index contributed by atoms with van der Waals surface area (Å²) in [7, 11) is 0. The molecule has 0 aliphatic carbocycles. The SMILES string of the molecule is CCNC(Cc1cccc(O)c1)C1(C)CCCCO1. The smallest absolute Gasteiger partial charge is 0.115 e. The van der Waals surface area contributed by atoms with Crippen LogP contribution in [0.5, 0.6) is 5.75 Å². The van der Waals surface area contributed by atoms with E-state index in [0.717, 1.165) is 31.6 Å². The van der Waals surface area contributed by atoms with Gasteiger partial charge in [-0.3, -0.25) is 0 Å². The molecule has 2 unspecified atom stereocenters. The van der Waals surface area contributed by atoms with Crippen molar-refractivity contribution >= 4 is 0 Å². The first kappa shape index (κ1) is 14.4. The fraction of sp³-hybridized carbons (Fsp3) is 0.625. The highest BCUT2D eigenvalue weighted by Crippen LogP contribution is 2.30. The topological polar surface area (TPSA) is 41.5 Å². The lowest BCUT2D eigenvalue weighted by atomic mass is 9.84. The first-order chi connectivity index (χ1) is 9.14. The predicted molar refractivity (Wildman–Crippen MR) is 77.5 cm³/mol. The summed E-state index contributed by atoms with van der Waals surface area (Å²) >= 11 is 0. The van der Waals surface area contributed by atoms with Crippen LogP contribution in [0, 0.1) is 0 Å². The molecule has 1 saturated heterocycles. The molecule has 0 spiro atoms. The van der Waals surface area contributed by atoms with Gasteiger partial charge in [0, 0.05) is 12.6 Å². The maximum atomic E-state index is 9.58. The van der Waals surface area contributed by atoms with E-state index in [9.17, 15) is 5.11 Å². The molecule has 3 heteroatoms. The lowest BCUT2D eigenvalue weighted by molar-refractivity contribution is -0.0881. The van der Waals surface area contributed by atoms with Crippen LogP contribution in [0.2, 0.25) is 0 Å². The van der Waals surface area contributed by atoms with Gasteiger partial charge < -0.3 is 15.2 Å². The Hall–Kier alpha value is -1.06. The van der Waals surface area contributed by atoms with Crippen molar-refractivity contribution in [3.63, 3.8) is 0 Å². The molecule has 1 aromatic carbocycles. The molecule has 1 aliphatic heterocycles. The fourth-order valence-corrected chi connectivity index (χ4v) is 2.90. The molecular formula is C16H25NO2. The van der Waals surface area contributed by atoms with Gasteiger partial charge in [-0.2, -0.15) is 0 Å². The summed E-state index contributed by atoms with van der Waals surface area (Å²) < 4.78 is 6.06. The van der Waals surface area contributed by atoms with E-state index in [1.807, 2.05) is 12.1 Å². The minimum Gasteiger partial charge on any atom is -0.508 e. The van der Waals surface area contributed by atoms with Crippen LogP contribution in [-0.2, 0) is 11.2 Å². The number of phenolic OH excluding ortho intramolecular Hbond substituents is 1. The van der Waals surface area contributed by atoms with Crippen LogP contribution < -0.4 is 5.32 Å². The highest BCUT2D eigenvalue weighted by molar-refractivity contribution is 5.28. The molecule has 0 saturated carbocycles.